The van der Waals surface area contributed by atoms with E-state index in [9.17, 15) is 0 Å². The van der Waals surface area contributed by atoms with Gasteiger partial charge in [0.05, 0.1) is 0 Å². The van der Waals surface area contributed by atoms with Crippen LogP contribution in [-0.4, -0.2) is 0 Å². The molecule has 0 atom stereocenters. The Morgan fingerprint density at radius 2 is 0.878 bits per heavy atom. The summed E-state index contributed by atoms with van der Waals surface area (Å²) in [6.45, 7) is 0. The Bertz CT molecular complexity index is 2830. The SMILES string of the molecule is c1ccc(-c2ccccc2-c2ccc(N(c3ccc4oc5ccccc5c4c3)c3ccc4oc5c6ccccc6ccc5c4c3)cc2)cc1. The highest BCUT2D eigenvalue weighted by Gasteiger charge is 2.19. The highest BCUT2D eigenvalue weighted by atomic mass is 16.3. The van der Waals surface area contributed by atoms with Gasteiger partial charge in [-0.15, -0.1) is 0 Å². The number of hydrogen-bond acceptors (Lipinski definition) is 3. The second kappa shape index (κ2) is 11.0. The minimum atomic E-state index is 0.874. The van der Waals surface area contributed by atoms with Crippen molar-refractivity contribution in [3.63, 3.8) is 0 Å². The quantitative estimate of drug-likeness (QED) is 0.190. The van der Waals surface area contributed by atoms with Gasteiger partial charge in [-0.25, -0.2) is 0 Å². The fourth-order valence-corrected chi connectivity index (χ4v) is 7.33. The van der Waals surface area contributed by atoms with E-state index in [-0.39, 0.29) is 0 Å². The molecule has 230 valence electrons. The molecular weight excluding hydrogens is 599 g/mol. The average molecular weight is 628 g/mol. The summed E-state index contributed by atoms with van der Waals surface area (Å²) in [7, 11) is 0. The summed E-state index contributed by atoms with van der Waals surface area (Å²) in [6, 6.07) is 62.1. The molecule has 2 heterocycles. The summed E-state index contributed by atoms with van der Waals surface area (Å²) >= 11 is 0. The number of nitrogens with zero attached hydrogens (tertiary/aromatic N) is 1. The van der Waals surface area contributed by atoms with Gasteiger partial charge in [0.25, 0.3) is 0 Å². The van der Waals surface area contributed by atoms with Crippen molar-refractivity contribution in [3.8, 4) is 22.3 Å². The third-order valence-electron chi connectivity index (χ3n) is 9.67. The molecule has 3 heteroatoms. The summed E-state index contributed by atoms with van der Waals surface area (Å²) < 4.78 is 12.7. The van der Waals surface area contributed by atoms with Gasteiger partial charge >= 0.3 is 0 Å². The topological polar surface area (TPSA) is 29.5 Å². The van der Waals surface area contributed by atoms with Crippen LogP contribution in [0.5, 0.6) is 0 Å². The van der Waals surface area contributed by atoms with E-state index in [1.165, 1.54) is 27.6 Å². The van der Waals surface area contributed by atoms with Gasteiger partial charge in [-0.3, -0.25) is 0 Å². The zero-order chi connectivity index (χ0) is 32.3. The molecule has 2 aromatic heterocycles. The first-order valence-electron chi connectivity index (χ1n) is 16.6. The Kier molecular flexibility index (Phi) is 6.18. The minimum Gasteiger partial charge on any atom is -0.456 e. The Morgan fingerprint density at radius 3 is 1.63 bits per heavy atom. The normalized spacial score (nSPS) is 11.7. The number of benzene rings is 8. The summed E-state index contributed by atoms with van der Waals surface area (Å²) in [5, 5.41) is 6.69. The van der Waals surface area contributed by atoms with Gasteiger partial charge in [0.2, 0.25) is 0 Å². The van der Waals surface area contributed by atoms with E-state index in [4.69, 9.17) is 8.83 Å². The van der Waals surface area contributed by atoms with E-state index in [1.807, 2.05) is 12.1 Å². The second-order valence-corrected chi connectivity index (χ2v) is 12.5. The van der Waals surface area contributed by atoms with Crippen molar-refractivity contribution in [2.45, 2.75) is 0 Å². The monoisotopic (exact) mass is 627 g/mol. The van der Waals surface area contributed by atoms with Gasteiger partial charge in [-0.2, -0.15) is 0 Å². The maximum atomic E-state index is 6.49. The standard InChI is InChI=1S/C46H29NO2/c1-2-10-30(11-3-1)36-13-6-7-14-37(36)32-18-21-33(22-19-32)47(34-23-26-44-41(28-34)39-16-8-9-17-43(39)48-44)35-24-27-45-42(29-35)40-25-20-31-12-4-5-15-38(31)46(40)49-45/h1-29H. The first kappa shape index (κ1) is 27.5. The van der Waals surface area contributed by atoms with Gasteiger partial charge in [0, 0.05) is 44.0 Å². The zero-order valence-corrected chi connectivity index (χ0v) is 26.5. The second-order valence-electron chi connectivity index (χ2n) is 12.5. The molecule has 0 amide bonds. The molecule has 0 N–H and O–H groups in total. The Labute approximate surface area is 282 Å². The molecule has 0 saturated heterocycles. The molecule has 0 fully saturated rings. The third-order valence-corrected chi connectivity index (χ3v) is 9.67. The molecule has 0 bridgehead atoms. The van der Waals surface area contributed by atoms with Crippen molar-refractivity contribution in [2.75, 3.05) is 4.90 Å². The van der Waals surface area contributed by atoms with Crippen LogP contribution in [0.2, 0.25) is 0 Å². The average Bonchev–Trinajstić information content (AvgIpc) is 3.74. The van der Waals surface area contributed by atoms with Crippen LogP contribution < -0.4 is 4.90 Å². The van der Waals surface area contributed by atoms with Crippen molar-refractivity contribution in [1.82, 2.24) is 0 Å². The van der Waals surface area contributed by atoms with Crippen molar-refractivity contribution in [1.29, 1.82) is 0 Å². The summed E-state index contributed by atoms with van der Waals surface area (Å²) in [5.74, 6) is 0. The Morgan fingerprint density at radius 1 is 0.327 bits per heavy atom. The fraction of sp³-hybridized carbons (Fsp3) is 0. The van der Waals surface area contributed by atoms with Gasteiger partial charge < -0.3 is 13.7 Å². The Balaban J connectivity index is 1.15. The lowest BCUT2D eigenvalue weighted by Crippen LogP contribution is -2.09. The molecule has 0 aliphatic carbocycles. The number of anilines is 3. The van der Waals surface area contributed by atoms with Gasteiger partial charge in [0.15, 0.2) is 0 Å². The first-order chi connectivity index (χ1) is 24.3. The van der Waals surface area contributed by atoms with Gasteiger partial charge in [-0.05, 0) is 88.3 Å². The van der Waals surface area contributed by atoms with E-state index < -0.39 is 0 Å². The Hall–Kier alpha value is -6.58. The number of rotatable bonds is 5. The number of hydrogen-bond donors (Lipinski definition) is 0. The highest BCUT2D eigenvalue weighted by molar-refractivity contribution is 6.16. The van der Waals surface area contributed by atoms with Crippen molar-refractivity contribution in [3.05, 3.63) is 176 Å². The maximum Gasteiger partial charge on any atom is 0.143 e. The van der Waals surface area contributed by atoms with Crippen molar-refractivity contribution in [2.24, 2.45) is 0 Å². The van der Waals surface area contributed by atoms with E-state index >= 15 is 0 Å². The summed E-state index contributed by atoms with van der Waals surface area (Å²) in [5.41, 5.74) is 11.5. The lowest BCUT2D eigenvalue weighted by atomic mass is 9.94. The molecule has 0 saturated carbocycles. The first-order valence-corrected chi connectivity index (χ1v) is 16.6. The highest BCUT2D eigenvalue weighted by Crippen LogP contribution is 2.43. The molecule has 0 aliphatic heterocycles. The van der Waals surface area contributed by atoms with Crippen molar-refractivity contribution >= 4 is 71.7 Å². The van der Waals surface area contributed by atoms with Crippen LogP contribution in [0.4, 0.5) is 17.1 Å². The molecular formula is C46H29NO2. The predicted octanol–water partition coefficient (Wildman–Crippen LogP) is 13.4. The smallest absolute Gasteiger partial charge is 0.143 e. The van der Waals surface area contributed by atoms with Gasteiger partial charge in [-0.1, -0.05) is 115 Å². The fourth-order valence-electron chi connectivity index (χ4n) is 7.33. The molecule has 0 spiro atoms. The molecule has 8 aromatic carbocycles. The lowest BCUT2D eigenvalue weighted by molar-refractivity contribution is 0.669. The zero-order valence-electron chi connectivity index (χ0n) is 26.5. The number of para-hydroxylation sites is 1. The van der Waals surface area contributed by atoms with E-state index in [2.05, 4.69) is 169 Å². The summed E-state index contributed by atoms with van der Waals surface area (Å²) in [4.78, 5) is 2.33. The molecule has 0 radical (unpaired) electrons. The molecule has 10 rings (SSSR count). The third kappa shape index (κ3) is 4.51. The molecule has 0 unspecified atom stereocenters. The lowest BCUT2D eigenvalue weighted by Gasteiger charge is -2.26. The van der Waals surface area contributed by atoms with Crippen LogP contribution in [0.1, 0.15) is 0 Å². The van der Waals surface area contributed by atoms with E-state index in [1.54, 1.807) is 0 Å². The van der Waals surface area contributed by atoms with E-state index in [0.717, 1.165) is 66.3 Å². The van der Waals surface area contributed by atoms with Crippen LogP contribution in [0.15, 0.2) is 185 Å². The van der Waals surface area contributed by atoms with Crippen LogP contribution in [0.25, 0.3) is 76.9 Å². The van der Waals surface area contributed by atoms with Gasteiger partial charge in [0.1, 0.15) is 22.3 Å². The van der Waals surface area contributed by atoms with Crippen LogP contribution in [0.3, 0.4) is 0 Å². The van der Waals surface area contributed by atoms with Crippen LogP contribution in [-0.2, 0) is 0 Å². The molecule has 10 aromatic rings. The predicted molar refractivity (Wildman–Crippen MR) is 204 cm³/mol. The largest absolute Gasteiger partial charge is 0.456 e. The maximum absolute atomic E-state index is 6.49. The van der Waals surface area contributed by atoms with Crippen LogP contribution >= 0.6 is 0 Å². The number of furan rings is 2. The molecule has 3 nitrogen and oxygen atoms in total. The minimum absolute atomic E-state index is 0.874. The summed E-state index contributed by atoms with van der Waals surface area (Å²) in [6.07, 6.45) is 0. The molecule has 0 aliphatic rings. The number of fused-ring (bicyclic) bond motifs is 8. The van der Waals surface area contributed by atoms with Crippen LogP contribution in [0, 0.1) is 0 Å². The molecule has 49 heavy (non-hydrogen) atoms. The van der Waals surface area contributed by atoms with E-state index in [0.29, 0.717) is 0 Å². The van der Waals surface area contributed by atoms with Crippen molar-refractivity contribution < 1.29 is 8.83 Å².